The molecule has 12 heavy (non-hydrogen) atoms. The van der Waals surface area contributed by atoms with Gasteiger partial charge in [-0.3, -0.25) is 0 Å². The molecule has 0 bridgehead atoms. The Labute approximate surface area is 80.9 Å². The number of carboxylic acid groups (broad SMARTS) is 1. The van der Waals surface area contributed by atoms with Crippen LogP contribution in [0.15, 0.2) is 0 Å². The highest BCUT2D eigenvalue weighted by Crippen LogP contribution is 2.20. The van der Waals surface area contributed by atoms with E-state index in [0.717, 1.165) is 24.6 Å². The van der Waals surface area contributed by atoms with Crippen LogP contribution in [0.4, 0.5) is 4.79 Å². The number of likely N-dealkylation sites (tertiary alicyclic amines) is 1. The van der Waals surface area contributed by atoms with E-state index in [2.05, 4.69) is 15.9 Å². The van der Waals surface area contributed by atoms with Crippen molar-refractivity contribution in [1.29, 1.82) is 0 Å². The first-order chi connectivity index (χ1) is 5.75. The molecule has 1 fully saturated rings. The SMILES string of the molecule is O=C(O)N1CCCCC1CCBr. The third-order valence-corrected chi connectivity index (χ3v) is 2.77. The number of rotatable bonds is 2. The smallest absolute Gasteiger partial charge is 0.407 e. The summed E-state index contributed by atoms with van der Waals surface area (Å²) < 4.78 is 0. The van der Waals surface area contributed by atoms with E-state index in [1.807, 2.05) is 0 Å². The van der Waals surface area contributed by atoms with Gasteiger partial charge in [0.05, 0.1) is 0 Å². The van der Waals surface area contributed by atoms with E-state index < -0.39 is 6.09 Å². The van der Waals surface area contributed by atoms with Gasteiger partial charge in [-0.25, -0.2) is 4.79 Å². The van der Waals surface area contributed by atoms with Gasteiger partial charge in [-0.05, 0) is 25.7 Å². The first kappa shape index (κ1) is 9.84. The molecule has 1 aliphatic heterocycles. The monoisotopic (exact) mass is 235 g/mol. The van der Waals surface area contributed by atoms with Gasteiger partial charge < -0.3 is 10.0 Å². The number of piperidine rings is 1. The van der Waals surface area contributed by atoms with Crippen LogP contribution >= 0.6 is 15.9 Å². The summed E-state index contributed by atoms with van der Waals surface area (Å²) in [6, 6.07) is 0.246. The highest BCUT2D eigenvalue weighted by atomic mass is 79.9. The molecule has 0 aromatic rings. The zero-order valence-corrected chi connectivity index (χ0v) is 8.59. The highest BCUT2D eigenvalue weighted by Gasteiger charge is 2.25. The predicted octanol–water partition coefficient (Wildman–Crippen LogP) is 2.30. The molecule has 3 nitrogen and oxygen atoms in total. The third kappa shape index (κ3) is 2.37. The molecule has 1 atom stereocenters. The largest absolute Gasteiger partial charge is 0.465 e. The van der Waals surface area contributed by atoms with Gasteiger partial charge in [0.2, 0.25) is 0 Å². The van der Waals surface area contributed by atoms with Crippen LogP contribution in [0.1, 0.15) is 25.7 Å². The molecule has 0 aromatic carbocycles. The fourth-order valence-corrected chi connectivity index (χ4v) is 2.21. The first-order valence-electron chi connectivity index (χ1n) is 4.31. The molecule has 1 saturated heterocycles. The molecule has 0 aromatic heterocycles. The third-order valence-electron chi connectivity index (χ3n) is 2.32. The van der Waals surface area contributed by atoms with Crippen molar-refractivity contribution in [2.24, 2.45) is 0 Å². The van der Waals surface area contributed by atoms with Gasteiger partial charge in [-0.1, -0.05) is 15.9 Å². The number of nitrogens with zero attached hydrogens (tertiary/aromatic N) is 1. The molecule has 0 spiro atoms. The number of amides is 1. The molecule has 1 rings (SSSR count). The summed E-state index contributed by atoms with van der Waals surface area (Å²) in [5.41, 5.74) is 0. The second-order valence-electron chi connectivity index (χ2n) is 3.10. The topological polar surface area (TPSA) is 40.5 Å². The van der Waals surface area contributed by atoms with Crippen molar-refractivity contribution in [1.82, 2.24) is 4.90 Å². The maximum absolute atomic E-state index is 10.8. The van der Waals surface area contributed by atoms with Gasteiger partial charge in [0.15, 0.2) is 0 Å². The van der Waals surface area contributed by atoms with Crippen LogP contribution in [0.2, 0.25) is 0 Å². The Morgan fingerprint density at radius 3 is 2.92 bits per heavy atom. The second kappa shape index (κ2) is 4.70. The average molecular weight is 236 g/mol. The molecule has 0 radical (unpaired) electrons. The van der Waals surface area contributed by atoms with Crippen molar-refractivity contribution in [2.75, 3.05) is 11.9 Å². The van der Waals surface area contributed by atoms with E-state index in [1.165, 1.54) is 6.42 Å². The molecular formula is C8H14BrNO2. The number of hydrogen-bond acceptors (Lipinski definition) is 1. The molecule has 70 valence electrons. The maximum Gasteiger partial charge on any atom is 0.407 e. The Bertz CT molecular complexity index is 161. The normalized spacial score (nSPS) is 24.1. The van der Waals surface area contributed by atoms with Crippen LogP contribution in [0, 0.1) is 0 Å². The van der Waals surface area contributed by atoms with Crippen LogP contribution in [-0.2, 0) is 0 Å². The number of alkyl halides is 1. The fourth-order valence-electron chi connectivity index (χ4n) is 1.68. The molecule has 1 aliphatic rings. The Balaban J connectivity index is 2.48. The van der Waals surface area contributed by atoms with Crippen molar-refractivity contribution in [3.05, 3.63) is 0 Å². The number of hydrogen-bond donors (Lipinski definition) is 1. The molecule has 1 amide bonds. The lowest BCUT2D eigenvalue weighted by Crippen LogP contribution is -2.43. The molecule has 0 aliphatic carbocycles. The van der Waals surface area contributed by atoms with Gasteiger partial charge >= 0.3 is 6.09 Å². The lowest BCUT2D eigenvalue weighted by molar-refractivity contribution is 0.106. The quantitative estimate of drug-likeness (QED) is 0.747. The molecular weight excluding hydrogens is 222 g/mol. The highest BCUT2D eigenvalue weighted by molar-refractivity contribution is 9.09. The minimum Gasteiger partial charge on any atom is -0.465 e. The van der Waals surface area contributed by atoms with E-state index in [0.29, 0.717) is 6.54 Å². The van der Waals surface area contributed by atoms with Gasteiger partial charge in [0.1, 0.15) is 0 Å². The van der Waals surface area contributed by atoms with Gasteiger partial charge in [-0.2, -0.15) is 0 Å². The summed E-state index contributed by atoms with van der Waals surface area (Å²) in [7, 11) is 0. The van der Waals surface area contributed by atoms with Crippen LogP contribution in [0.3, 0.4) is 0 Å². The molecule has 1 heterocycles. The minimum atomic E-state index is -0.763. The molecule has 0 saturated carbocycles. The summed E-state index contributed by atoms with van der Waals surface area (Å²) in [5.74, 6) is 0. The lowest BCUT2D eigenvalue weighted by Gasteiger charge is -2.33. The predicted molar refractivity (Wildman–Crippen MR) is 50.8 cm³/mol. The Morgan fingerprint density at radius 2 is 2.33 bits per heavy atom. The molecule has 1 unspecified atom stereocenters. The van der Waals surface area contributed by atoms with Gasteiger partial charge in [0.25, 0.3) is 0 Å². The minimum absolute atomic E-state index is 0.246. The summed E-state index contributed by atoms with van der Waals surface area (Å²) >= 11 is 3.34. The van der Waals surface area contributed by atoms with Crippen LogP contribution in [0.5, 0.6) is 0 Å². The van der Waals surface area contributed by atoms with Crippen molar-refractivity contribution in [3.63, 3.8) is 0 Å². The van der Waals surface area contributed by atoms with E-state index in [1.54, 1.807) is 4.90 Å². The van der Waals surface area contributed by atoms with Crippen molar-refractivity contribution < 1.29 is 9.90 Å². The number of carbonyl (C=O) groups is 1. The lowest BCUT2D eigenvalue weighted by atomic mass is 10.0. The fraction of sp³-hybridized carbons (Fsp3) is 0.875. The van der Waals surface area contributed by atoms with Gasteiger partial charge in [0, 0.05) is 17.9 Å². The second-order valence-corrected chi connectivity index (χ2v) is 3.90. The van der Waals surface area contributed by atoms with Crippen molar-refractivity contribution in [2.45, 2.75) is 31.7 Å². The Morgan fingerprint density at radius 1 is 1.58 bits per heavy atom. The summed E-state index contributed by atoms with van der Waals surface area (Å²) in [6.45, 7) is 0.715. The van der Waals surface area contributed by atoms with E-state index in [-0.39, 0.29) is 6.04 Å². The summed E-state index contributed by atoms with van der Waals surface area (Å²) in [6.07, 6.45) is 3.39. The molecule has 4 heteroatoms. The van der Waals surface area contributed by atoms with Crippen molar-refractivity contribution in [3.8, 4) is 0 Å². The maximum atomic E-state index is 10.8. The van der Waals surface area contributed by atoms with E-state index >= 15 is 0 Å². The molecule has 1 N–H and O–H groups in total. The van der Waals surface area contributed by atoms with Crippen LogP contribution in [-0.4, -0.2) is 34.0 Å². The number of halogens is 1. The van der Waals surface area contributed by atoms with Gasteiger partial charge in [-0.15, -0.1) is 0 Å². The Kier molecular flexibility index (Phi) is 3.85. The van der Waals surface area contributed by atoms with Crippen molar-refractivity contribution >= 4 is 22.0 Å². The average Bonchev–Trinajstić information content (AvgIpc) is 2.05. The zero-order valence-electron chi connectivity index (χ0n) is 7.00. The standard InChI is InChI=1S/C8H14BrNO2/c9-5-4-7-3-1-2-6-10(7)8(11)12/h7H,1-6H2,(H,11,12). The van der Waals surface area contributed by atoms with E-state index in [9.17, 15) is 4.79 Å². The van der Waals surface area contributed by atoms with E-state index in [4.69, 9.17) is 5.11 Å². The zero-order chi connectivity index (χ0) is 8.97. The summed E-state index contributed by atoms with van der Waals surface area (Å²) in [4.78, 5) is 12.3. The summed E-state index contributed by atoms with van der Waals surface area (Å²) in [5, 5.41) is 9.74. The van der Waals surface area contributed by atoms with Crippen LogP contribution < -0.4 is 0 Å². The first-order valence-corrected chi connectivity index (χ1v) is 5.43. The van der Waals surface area contributed by atoms with Crippen LogP contribution in [0.25, 0.3) is 0 Å². The Hall–Kier alpha value is -0.250.